The molecular formula is C14H14N2OS. The molecule has 0 spiro atoms. The Kier molecular flexibility index (Phi) is 4.25. The number of hydrogen-bond acceptors (Lipinski definition) is 3. The molecule has 0 aliphatic rings. The second-order valence-corrected chi connectivity index (χ2v) is 4.56. The lowest BCUT2D eigenvalue weighted by Gasteiger charge is -2.08. The minimum Gasteiger partial charge on any atom is -0.298 e. The molecule has 3 nitrogen and oxygen atoms in total. The summed E-state index contributed by atoms with van der Waals surface area (Å²) in [4.78, 5) is 13.0. The van der Waals surface area contributed by atoms with E-state index in [2.05, 4.69) is 10.9 Å². The van der Waals surface area contributed by atoms with Crippen LogP contribution < -0.4 is 10.9 Å². The predicted octanol–water partition coefficient (Wildman–Crippen LogP) is 3.17. The predicted molar refractivity (Wildman–Crippen MR) is 75.8 cm³/mol. The molecule has 0 aromatic heterocycles. The van der Waals surface area contributed by atoms with E-state index in [1.54, 1.807) is 17.8 Å². The number of amides is 1. The molecule has 0 bridgehead atoms. The second kappa shape index (κ2) is 6.12. The standard InChI is InChI=1S/C14H14N2OS/c1-18-13-9-5-6-11(10-13)14(17)16-15-12-7-3-2-4-8-12/h2-10,15H,1H3,(H,16,17). The summed E-state index contributed by atoms with van der Waals surface area (Å²) >= 11 is 1.61. The lowest BCUT2D eigenvalue weighted by molar-refractivity contribution is 0.0962. The summed E-state index contributed by atoms with van der Waals surface area (Å²) in [6.45, 7) is 0. The highest BCUT2D eigenvalue weighted by atomic mass is 32.2. The van der Waals surface area contributed by atoms with E-state index in [-0.39, 0.29) is 5.91 Å². The third kappa shape index (κ3) is 3.28. The van der Waals surface area contributed by atoms with Gasteiger partial charge in [0.25, 0.3) is 5.91 Å². The third-order valence-corrected chi connectivity index (χ3v) is 3.15. The van der Waals surface area contributed by atoms with Crippen LogP contribution in [0.3, 0.4) is 0 Å². The first kappa shape index (κ1) is 12.5. The van der Waals surface area contributed by atoms with Gasteiger partial charge in [0.05, 0.1) is 5.69 Å². The number of carbonyl (C=O) groups is 1. The van der Waals surface area contributed by atoms with Gasteiger partial charge in [0.15, 0.2) is 0 Å². The summed E-state index contributed by atoms with van der Waals surface area (Å²) < 4.78 is 0. The van der Waals surface area contributed by atoms with Crippen LogP contribution >= 0.6 is 11.8 Å². The van der Waals surface area contributed by atoms with Crippen molar-refractivity contribution in [3.63, 3.8) is 0 Å². The number of hydrogen-bond donors (Lipinski definition) is 2. The second-order valence-electron chi connectivity index (χ2n) is 3.68. The maximum absolute atomic E-state index is 11.9. The van der Waals surface area contributed by atoms with Crippen molar-refractivity contribution < 1.29 is 4.79 Å². The average molecular weight is 258 g/mol. The highest BCUT2D eigenvalue weighted by molar-refractivity contribution is 7.98. The molecular weight excluding hydrogens is 244 g/mol. The Morgan fingerprint density at radius 3 is 2.56 bits per heavy atom. The Bertz CT molecular complexity index is 528. The largest absolute Gasteiger partial charge is 0.298 e. The molecule has 0 heterocycles. The van der Waals surface area contributed by atoms with Crippen LogP contribution in [-0.4, -0.2) is 12.2 Å². The maximum Gasteiger partial charge on any atom is 0.269 e. The zero-order valence-electron chi connectivity index (χ0n) is 10.0. The van der Waals surface area contributed by atoms with Crippen molar-refractivity contribution in [1.29, 1.82) is 0 Å². The van der Waals surface area contributed by atoms with Crippen molar-refractivity contribution in [2.45, 2.75) is 4.90 Å². The van der Waals surface area contributed by atoms with Crippen LogP contribution in [0.5, 0.6) is 0 Å². The molecule has 18 heavy (non-hydrogen) atoms. The highest BCUT2D eigenvalue weighted by Gasteiger charge is 2.05. The van der Waals surface area contributed by atoms with E-state index in [4.69, 9.17) is 0 Å². The van der Waals surface area contributed by atoms with Crippen LogP contribution in [0.1, 0.15) is 10.4 Å². The van der Waals surface area contributed by atoms with E-state index >= 15 is 0 Å². The van der Waals surface area contributed by atoms with Gasteiger partial charge in [-0.1, -0.05) is 24.3 Å². The number of benzene rings is 2. The van der Waals surface area contributed by atoms with E-state index in [1.807, 2.05) is 54.8 Å². The summed E-state index contributed by atoms with van der Waals surface area (Å²) in [5.41, 5.74) is 7.04. The fraction of sp³-hybridized carbons (Fsp3) is 0.0714. The molecule has 2 aromatic carbocycles. The lowest BCUT2D eigenvalue weighted by atomic mass is 10.2. The van der Waals surface area contributed by atoms with Gasteiger partial charge in [-0.3, -0.25) is 15.6 Å². The van der Waals surface area contributed by atoms with Gasteiger partial charge < -0.3 is 0 Å². The van der Waals surface area contributed by atoms with Crippen LogP contribution in [0, 0.1) is 0 Å². The molecule has 0 unspecified atom stereocenters. The summed E-state index contributed by atoms with van der Waals surface area (Å²) in [5.74, 6) is -0.144. The number of hydrazine groups is 1. The summed E-state index contributed by atoms with van der Waals surface area (Å²) in [7, 11) is 0. The first-order valence-corrected chi connectivity index (χ1v) is 6.77. The number of rotatable bonds is 4. The molecule has 0 aliphatic carbocycles. The fourth-order valence-corrected chi connectivity index (χ4v) is 1.95. The summed E-state index contributed by atoms with van der Waals surface area (Å²) in [5, 5.41) is 0. The topological polar surface area (TPSA) is 41.1 Å². The summed E-state index contributed by atoms with van der Waals surface area (Å²) in [6, 6.07) is 17.0. The zero-order chi connectivity index (χ0) is 12.8. The maximum atomic E-state index is 11.9. The Balaban J connectivity index is 1.99. The van der Waals surface area contributed by atoms with Gasteiger partial charge in [-0.25, -0.2) is 0 Å². The van der Waals surface area contributed by atoms with Gasteiger partial charge in [0.1, 0.15) is 0 Å². The number of thioether (sulfide) groups is 1. The molecule has 0 aliphatic heterocycles. The molecule has 1 amide bonds. The quantitative estimate of drug-likeness (QED) is 0.654. The zero-order valence-corrected chi connectivity index (χ0v) is 10.8. The van der Waals surface area contributed by atoms with E-state index in [0.29, 0.717) is 5.56 Å². The molecule has 4 heteroatoms. The van der Waals surface area contributed by atoms with E-state index in [0.717, 1.165) is 10.6 Å². The average Bonchev–Trinajstić information content (AvgIpc) is 2.46. The van der Waals surface area contributed by atoms with Crippen molar-refractivity contribution in [2.24, 2.45) is 0 Å². The van der Waals surface area contributed by atoms with Crippen LogP contribution in [0.25, 0.3) is 0 Å². The van der Waals surface area contributed by atoms with Crippen molar-refractivity contribution in [2.75, 3.05) is 11.7 Å². The molecule has 2 N–H and O–H groups in total. The molecule has 2 rings (SSSR count). The van der Waals surface area contributed by atoms with Crippen molar-refractivity contribution in [1.82, 2.24) is 5.43 Å². The lowest BCUT2D eigenvalue weighted by Crippen LogP contribution is -2.29. The Labute approximate surface area is 111 Å². The Morgan fingerprint density at radius 1 is 1.06 bits per heavy atom. The van der Waals surface area contributed by atoms with Gasteiger partial charge >= 0.3 is 0 Å². The van der Waals surface area contributed by atoms with Gasteiger partial charge in [-0.05, 0) is 36.6 Å². The fourth-order valence-electron chi connectivity index (χ4n) is 1.49. The van der Waals surface area contributed by atoms with Crippen LogP contribution in [0.4, 0.5) is 5.69 Å². The molecule has 0 atom stereocenters. The minimum absolute atomic E-state index is 0.144. The molecule has 0 saturated heterocycles. The molecule has 0 radical (unpaired) electrons. The minimum atomic E-state index is -0.144. The monoisotopic (exact) mass is 258 g/mol. The van der Waals surface area contributed by atoms with E-state index < -0.39 is 0 Å². The smallest absolute Gasteiger partial charge is 0.269 e. The van der Waals surface area contributed by atoms with Crippen LogP contribution in [0.2, 0.25) is 0 Å². The number of para-hydroxylation sites is 1. The van der Waals surface area contributed by atoms with Gasteiger partial charge in [-0.15, -0.1) is 11.8 Å². The van der Waals surface area contributed by atoms with Gasteiger partial charge in [-0.2, -0.15) is 0 Å². The number of carbonyl (C=O) groups excluding carboxylic acids is 1. The SMILES string of the molecule is CSc1cccc(C(=O)NNc2ccccc2)c1. The van der Waals surface area contributed by atoms with Gasteiger partial charge in [0, 0.05) is 10.5 Å². The first-order chi connectivity index (χ1) is 8.79. The van der Waals surface area contributed by atoms with Gasteiger partial charge in [0.2, 0.25) is 0 Å². The van der Waals surface area contributed by atoms with Crippen molar-refractivity contribution in [3.8, 4) is 0 Å². The van der Waals surface area contributed by atoms with Crippen molar-refractivity contribution >= 4 is 23.4 Å². The molecule has 0 saturated carbocycles. The molecule has 92 valence electrons. The third-order valence-electron chi connectivity index (χ3n) is 2.43. The van der Waals surface area contributed by atoms with Crippen LogP contribution in [-0.2, 0) is 0 Å². The highest BCUT2D eigenvalue weighted by Crippen LogP contribution is 2.15. The summed E-state index contributed by atoms with van der Waals surface area (Å²) in [6.07, 6.45) is 1.99. The molecule has 0 fully saturated rings. The Morgan fingerprint density at radius 2 is 1.83 bits per heavy atom. The normalized spacial score (nSPS) is 9.83. The van der Waals surface area contributed by atoms with Crippen molar-refractivity contribution in [3.05, 3.63) is 60.2 Å². The molecule has 2 aromatic rings. The first-order valence-electron chi connectivity index (χ1n) is 5.55. The van der Waals surface area contributed by atoms with E-state index in [1.165, 1.54) is 0 Å². The number of nitrogens with one attached hydrogen (secondary N) is 2. The Hall–Kier alpha value is -1.94. The van der Waals surface area contributed by atoms with E-state index in [9.17, 15) is 4.79 Å². The van der Waals surface area contributed by atoms with Crippen LogP contribution in [0.15, 0.2) is 59.5 Å². The number of anilines is 1.